The Morgan fingerprint density at radius 2 is 1.82 bits per heavy atom. The second-order valence-corrected chi connectivity index (χ2v) is 9.76. The van der Waals surface area contributed by atoms with Gasteiger partial charge in [-0.25, -0.2) is 9.98 Å². The lowest BCUT2D eigenvalue weighted by Gasteiger charge is -2.19. The van der Waals surface area contributed by atoms with E-state index in [0.717, 1.165) is 77.7 Å². The van der Waals surface area contributed by atoms with Crippen molar-refractivity contribution < 1.29 is 0 Å². The Morgan fingerprint density at radius 3 is 2.47 bits per heavy atom. The topological polar surface area (TPSA) is 129 Å². The molecule has 2 saturated heterocycles. The van der Waals surface area contributed by atoms with Crippen molar-refractivity contribution in [3.8, 4) is 11.3 Å². The number of rotatable bonds is 9. The first-order valence-corrected chi connectivity index (χ1v) is 13.2. The van der Waals surface area contributed by atoms with Crippen LogP contribution in [0.1, 0.15) is 48.7 Å². The normalized spacial score (nSPS) is 20.0. The first kappa shape index (κ1) is 25.5. The molecule has 1 aromatic heterocycles. The van der Waals surface area contributed by atoms with Gasteiger partial charge in [0.2, 0.25) is 0 Å². The van der Waals surface area contributed by atoms with Crippen LogP contribution in [0.15, 0.2) is 84.8 Å². The monoisotopic (exact) mass is 508 g/mol. The minimum atomic E-state index is 0.243. The molecule has 2 aliphatic rings. The number of imidazole rings is 1. The fraction of sp³-hybridized carbons (Fsp3) is 0.267. The third-order valence-electron chi connectivity index (χ3n) is 7.19. The molecule has 2 atom stereocenters. The molecule has 2 aromatic carbocycles. The van der Waals surface area contributed by atoms with Gasteiger partial charge < -0.3 is 32.4 Å². The van der Waals surface area contributed by atoms with Gasteiger partial charge in [-0.05, 0) is 62.5 Å². The number of nitrogens with zero attached hydrogens (tertiary/aromatic N) is 2. The quantitative estimate of drug-likeness (QED) is 0.186. The fourth-order valence-corrected chi connectivity index (χ4v) is 5.03. The lowest BCUT2D eigenvalue weighted by atomic mass is 10.1. The van der Waals surface area contributed by atoms with Crippen LogP contribution in [0.5, 0.6) is 0 Å². The van der Waals surface area contributed by atoms with E-state index in [1.54, 1.807) is 12.3 Å². The van der Waals surface area contributed by atoms with Crippen molar-refractivity contribution in [2.45, 2.75) is 37.8 Å². The molecule has 0 spiro atoms. The first-order valence-electron chi connectivity index (χ1n) is 13.2. The largest absolute Gasteiger partial charge is 0.403 e. The van der Waals surface area contributed by atoms with E-state index in [1.165, 1.54) is 6.42 Å². The molecule has 2 aliphatic heterocycles. The summed E-state index contributed by atoms with van der Waals surface area (Å²) in [6.07, 6.45) is 9.68. The zero-order chi connectivity index (χ0) is 26.5. The van der Waals surface area contributed by atoms with E-state index < -0.39 is 0 Å². The van der Waals surface area contributed by atoms with E-state index in [0.29, 0.717) is 17.4 Å². The van der Waals surface area contributed by atoms with Crippen molar-refractivity contribution in [1.82, 2.24) is 25.9 Å². The van der Waals surface area contributed by atoms with Gasteiger partial charge >= 0.3 is 0 Å². The molecule has 8 nitrogen and oxygen atoms in total. The van der Waals surface area contributed by atoms with Crippen molar-refractivity contribution in [2.24, 2.45) is 10.7 Å². The lowest BCUT2D eigenvalue weighted by molar-refractivity contribution is 0.613. The summed E-state index contributed by atoms with van der Waals surface area (Å²) >= 11 is 0. The summed E-state index contributed by atoms with van der Waals surface area (Å²) in [7, 11) is 0. The Bertz CT molecular complexity index is 1350. The minimum absolute atomic E-state index is 0.243. The number of nitrogens with one attached hydrogen (secondary N) is 4. The van der Waals surface area contributed by atoms with Crippen LogP contribution in [0.2, 0.25) is 0 Å². The second kappa shape index (κ2) is 11.5. The second-order valence-electron chi connectivity index (χ2n) is 9.76. The number of nitrogen functional groups attached to an aromatic ring is 1. The standard InChI is InChI=1S/C30H36N8/c1-3-24(20-8-10-21(11-9-20)29-18-35-30(38-29)27-7-5-15-34-27)37-26-13-12-22(16-23(26)32)28(17-31)36-19(2)25-6-4-14-33-25/h3,8-13,16-18,25,27,33-34,36H,1-2,4-7,14-15,31-32H2,(H,35,38)/b28-17-,37-24+/t25-,27-/m0/s1. The van der Waals surface area contributed by atoms with E-state index in [4.69, 9.17) is 16.5 Å². The van der Waals surface area contributed by atoms with Crippen LogP contribution >= 0.6 is 0 Å². The lowest BCUT2D eigenvalue weighted by Crippen LogP contribution is -2.30. The highest BCUT2D eigenvalue weighted by Gasteiger charge is 2.20. The van der Waals surface area contributed by atoms with E-state index in [1.807, 2.05) is 36.5 Å². The zero-order valence-electron chi connectivity index (χ0n) is 21.6. The molecule has 5 rings (SSSR count). The minimum Gasteiger partial charge on any atom is -0.403 e. The number of allylic oxidation sites excluding steroid dienone is 1. The average Bonchev–Trinajstić information content (AvgIpc) is 3.74. The van der Waals surface area contributed by atoms with Gasteiger partial charge in [0.05, 0.1) is 40.7 Å². The number of nitrogens with two attached hydrogens (primary N) is 2. The van der Waals surface area contributed by atoms with Gasteiger partial charge in [0.25, 0.3) is 0 Å². The molecule has 8 N–H and O–H groups in total. The molecule has 2 fully saturated rings. The summed E-state index contributed by atoms with van der Waals surface area (Å²) < 4.78 is 0. The van der Waals surface area contributed by atoms with Gasteiger partial charge in [-0.2, -0.15) is 0 Å². The van der Waals surface area contributed by atoms with Gasteiger partial charge in [0.1, 0.15) is 5.82 Å². The number of H-pyrrole nitrogens is 1. The Balaban J connectivity index is 1.31. The highest BCUT2D eigenvalue weighted by molar-refractivity contribution is 6.10. The predicted molar refractivity (Wildman–Crippen MR) is 157 cm³/mol. The van der Waals surface area contributed by atoms with Gasteiger partial charge in [-0.3, -0.25) is 0 Å². The summed E-state index contributed by atoms with van der Waals surface area (Å²) in [4.78, 5) is 12.8. The van der Waals surface area contributed by atoms with Crippen molar-refractivity contribution >= 4 is 22.8 Å². The Hall–Kier alpha value is -4.14. The molecular formula is C30H36N8. The molecule has 0 saturated carbocycles. The molecule has 0 amide bonds. The maximum atomic E-state index is 6.41. The van der Waals surface area contributed by atoms with Crippen LogP contribution in [0.4, 0.5) is 11.4 Å². The van der Waals surface area contributed by atoms with E-state index in [-0.39, 0.29) is 6.04 Å². The summed E-state index contributed by atoms with van der Waals surface area (Å²) in [5.74, 6) is 0.996. The first-order chi connectivity index (χ1) is 18.6. The number of benzene rings is 2. The van der Waals surface area contributed by atoms with E-state index in [9.17, 15) is 0 Å². The fourth-order valence-electron chi connectivity index (χ4n) is 5.03. The van der Waals surface area contributed by atoms with Gasteiger partial charge in [-0.15, -0.1) is 0 Å². The Labute approximate surface area is 224 Å². The molecule has 3 heterocycles. The number of anilines is 1. The van der Waals surface area contributed by atoms with Crippen molar-refractivity contribution in [2.75, 3.05) is 18.8 Å². The SMILES string of the molecule is C=C/C(=N\c1ccc(/C(=C/N)NC(=C)[C@@H]2CCCN2)cc1N)c1ccc(-c2cnc([C@@H]3CCCN3)[nH]2)cc1. The number of aliphatic imine (C=N–C) groups is 1. The average molecular weight is 509 g/mol. The van der Waals surface area contributed by atoms with Crippen molar-refractivity contribution in [3.63, 3.8) is 0 Å². The summed E-state index contributed by atoms with van der Waals surface area (Å²) in [6.45, 7) is 10.2. The van der Waals surface area contributed by atoms with Crippen LogP contribution in [0, 0.1) is 0 Å². The molecule has 8 heteroatoms. The molecule has 0 radical (unpaired) electrons. The molecule has 0 unspecified atom stereocenters. The number of hydrogen-bond acceptors (Lipinski definition) is 7. The molecule has 3 aromatic rings. The highest BCUT2D eigenvalue weighted by atomic mass is 15.0. The molecular weight excluding hydrogens is 472 g/mol. The van der Waals surface area contributed by atoms with E-state index in [2.05, 4.69) is 51.2 Å². The van der Waals surface area contributed by atoms with Crippen molar-refractivity contribution in [3.05, 3.63) is 96.7 Å². The summed E-state index contributed by atoms with van der Waals surface area (Å²) in [5, 5.41) is 10.3. The molecule has 0 aliphatic carbocycles. The van der Waals surface area contributed by atoms with Gasteiger partial charge in [0.15, 0.2) is 0 Å². The van der Waals surface area contributed by atoms with Crippen LogP contribution < -0.4 is 27.4 Å². The van der Waals surface area contributed by atoms with Crippen LogP contribution in [-0.4, -0.2) is 34.8 Å². The highest BCUT2D eigenvalue weighted by Crippen LogP contribution is 2.28. The van der Waals surface area contributed by atoms with Gasteiger partial charge in [0, 0.05) is 29.1 Å². The van der Waals surface area contributed by atoms with Crippen molar-refractivity contribution in [1.29, 1.82) is 0 Å². The van der Waals surface area contributed by atoms with Crippen LogP contribution in [-0.2, 0) is 0 Å². The third kappa shape index (κ3) is 5.56. The maximum Gasteiger partial charge on any atom is 0.123 e. The molecule has 38 heavy (non-hydrogen) atoms. The maximum absolute atomic E-state index is 6.41. The Morgan fingerprint density at radius 1 is 1.05 bits per heavy atom. The smallest absolute Gasteiger partial charge is 0.123 e. The summed E-state index contributed by atoms with van der Waals surface area (Å²) in [6, 6.07) is 14.5. The predicted octanol–water partition coefficient (Wildman–Crippen LogP) is 4.50. The van der Waals surface area contributed by atoms with Gasteiger partial charge in [-0.1, -0.05) is 43.5 Å². The molecule has 0 bridgehead atoms. The number of aromatic nitrogens is 2. The number of aromatic amines is 1. The Kier molecular flexibility index (Phi) is 7.72. The van der Waals surface area contributed by atoms with Crippen LogP contribution in [0.3, 0.4) is 0 Å². The molecule has 196 valence electrons. The number of hydrogen-bond donors (Lipinski definition) is 6. The van der Waals surface area contributed by atoms with Crippen LogP contribution in [0.25, 0.3) is 17.0 Å². The third-order valence-corrected chi connectivity index (χ3v) is 7.19. The zero-order valence-corrected chi connectivity index (χ0v) is 21.6. The summed E-state index contributed by atoms with van der Waals surface area (Å²) in [5.41, 5.74) is 19.9. The van der Waals surface area contributed by atoms with E-state index >= 15 is 0 Å².